The Bertz CT molecular complexity index is 1830. The summed E-state index contributed by atoms with van der Waals surface area (Å²) in [5.74, 6) is 1.21. The molecule has 9 heteroatoms. The van der Waals surface area contributed by atoms with Gasteiger partial charge in [0, 0.05) is 31.1 Å². The number of aromatic nitrogens is 4. The van der Waals surface area contributed by atoms with Gasteiger partial charge in [-0.15, -0.1) is 0 Å². The zero-order chi connectivity index (χ0) is 31.3. The molecule has 0 aliphatic rings. The Hall–Kier alpha value is -4.76. The van der Waals surface area contributed by atoms with Gasteiger partial charge in [-0.1, -0.05) is 74.0 Å². The maximum absolute atomic E-state index is 14.2. The van der Waals surface area contributed by atoms with E-state index >= 15 is 0 Å². The first-order valence-electron chi connectivity index (χ1n) is 14.9. The van der Waals surface area contributed by atoms with Gasteiger partial charge < -0.3 is 9.47 Å². The van der Waals surface area contributed by atoms with Gasteiger partial charge in [0.2, 0.25) is 0 Å². The smallest absolute Gasteiger partial charge is 0.439 e. The second kappa shape index (κ2) is 13.3. The molecule has 0 saturated heterocycles. The van der Waals surface area contributed by atoms with E-state index in [9.17, 15) is 9.59 Å². The predicted octanol–water partition coefficient (Wildman–Crippen LogP) is 6.15. The first kappa shape index (κ1) is 30.7. The second-order valence-electron chi connectivity index (χ2n) is 11.3. The van der Waals surface area contributed by atoms with Crippen LogP contribution < -0.4 is 16.1 Å². The molecule has 3 aromatic carbocycles. The molecule has 0 unspecified atom stereocenters. The number of hydrogen-bond acceptors (Lipinski definition) is 7. The summed E-state index contributed by atoms with van der Waals surface area (Å²) in [6.07, 6.45) is 2.68. The van der Waals surface area contributed by atoms with E-state index in [0.717, 1.165) is 52.3 Å². The highest BCUT2D eigenvalue weighted by Crippen LogP contribution is 2.30. The maximum atomic E-state index is 14.2. The van der Waals surface area contributed by atoms with Gasteiger partial charge in [0.1, 0.15) is 17.2 Å². The van der Waals surface area contributed by atoms with E-state index in [-0.39, 0.29) is 5.56 Å². The van der Waals surface area contributed by atoms with Crippen molar-refractivity contribution in [1.82, 2.24) is 19.7 Å². The van der Waals surface area contributed by atoms with Crippen molar-refractivity contribution in [3.05, 3.63) is 116 Å². The van der Waals surface area contributed by atoms with Crippen LogP contribution in [-0.4, -0.2) is 39.0 Å². The van der Waals surface area contributed by atoms with Crippen molar-refractivity contribution in [3.8, 4) is 34.0 Å². The fraction of sp³-hybridized carbons (Fsp3) is 0.314. The number of hydrogen-bond donors (Lipinski definition) is 1. The average Bonchev–Trinajstić information content (AvgIpc) is 3.45. The highest BCUT2D eigenvalue weighted by molar-refractivity contribution is 5.80. The molecule has 0 saturated carbocycles. The molecule has 9 nitrogen and oxygen atoms in total. The molecule has 0 spiro atoms. The molecule has 5 rings (SSSR count). The van der Waals surface area contributed by atoms with Crippen molar-refractivity contribution in [3.63, 3.8) is 0 Å². The number of methoxy groups -OCH3 is 1. The number of nitrogens with zero attached hydrogens (tertiary/aromatic N) is 3. The van der Waals surface area contributed by atoms with Crippen LogP contribution in [0.15, 0.2) is 86.9 Å². The van der Waals surface area contributed by atoms with Crippen LogP contribution in [0.25, 0.3) is 28.2 Å². The van der Waals surface area contributed by atoms with Crippen LogP contribution in [0.5, 0.6) is 5.75 Å². The molecule has 0 fully saturated rings. The van der Waals surface area contributed by atoms with Crippen LogP contribution in [0.4, 0.5) is 0 Å². The van der Waals surface area contributed by atoms with Gasteiger partial charge in [-0.05, 0) is 61.2 Å². The fourth-order valence-corrected chi connectivity index (χ4v) is 5.43. The number of nitrogens with one attached hydrogen (secondary N) is 1. The molecule has 0 amide bonds. The van der Waals surface area contributed by atoms with Crippen LogP contribution in [0, 0.1) is 0 Å². The van der Waals surface area contributed by atoms with Crippen molar-refractivity contribution >= 4 is 0 Å². The van der Waals surface area contributed by atoms with Crippen molar-refractivity contribution in [2.45, 2.75) is 59.0 Å². The number of rotatable bonds is 12. The van der Waals surface area contributed by atoms with E-state index in [4.69, 9.17) is 19.0 Å². The van der Waals surface area contributed by atoms with Gasteiger partial charge in [0.05, 0.1) is 18.0 Å². The Morgan fingerprint density at radius 1 is 0.932 bits per heavy atom. The van der Waals surface area contributed by atoms with Crippen LogP contribution in [0.3, 0.4) is 0 Å². The molecule has 0 atom stereocenters. The minimum Gasteiger partial charge on any atom is -0.485 e. The van der Waals surface area contributed by atoms with Gasteiger partial charge in [0.25, 0.3) is 5.56 Å². The van der Waals surface area contributed by atoms with E-state index in [1.165, 1.54) is 0 Å². The lowest BCUT2D eigenvalue weighted by atomic mass is 9.96. The zero-order valence-corrected chi connectivity index (χ0v) is 25.8. The van der Waals surface area contributed by atoms with Crippen LogP contribution >= 0.6 is 0 Å². The van der Waals surface area contributed by atoms with E-state index < -0.39 is 11.4 Å². The fourth-order valence-electron chi connectivity index (χ4n) is 5.43. The van der Waals surface area contributed by atoms with Gasteiger partial charge in [-0.3, -0.25) is 18.9 Å². The lowest BCUT2D eigenvalue weighted by Gasteiger charge is -2.25. The molecule has 0 radical (unpaired) electrons. The summed E-state index contributed by atoms with van der Waals surface area (Å²) >= 11 is 0. The van der Waals surface area contributed by atoms with Gasteiger partial charge in [0.15, 0.2) is 5.82 Å². The summed E-state index contributed by atoms with van der Waals surface area (Å²) in [6, 6.07) is 23.3. The molecule has 2 aromatic heterocycles. The highest BCUT2D eigenvalue weighted by Gasteiger charge is 2.21. The Kier molecular flexibility index (Phi) is 9.25. The third-order valence-electron chi connectivity index (χ3n) is 7.38. The Morgan fingerprint density at radius 2 is 1.64 bits per heavy atom. The molecule has 44 heavy (non-hydrogen) atoms. The molecule has 2 heterocycles. The molecule has 228 valence electrons. The van der Waals surface area contributed by atoms with E-state index in [2.05, 4.69) is 17.1 Å². The summed E-state index contributed by atoms with van der Waals surface area (Å²) < 4.78 is 17.8. The minimum absolute atomic E-state index is 0.0573. The number of benzene rings is 3. The Balaban J connectivity index is 1.48. The second-order valence-corrected chi connectivity index (χ2v) is 11.3. The Labute approximate surface area is 256 Å². The van der Waals surface area contributed by atoms with Gasteiger partial charge in [-0.2, -0.15) is 0 Å². The SMILES string of the molecule is CCCc1nc(CC)n(-c2ccc(OC(C)(C)COC)cc2)c(=O)c1Cc1ccc(-c2ccccc2-c2noc(=O)[nH]2)cc1. The molecule has 1 N–H and O–H groups in total. The van der Waals surface area contributed by atoms with Crippen LogP contribution in [0.2, 0.25) is 0 Å². The molecular weight excluding hydrogens is 556 g/mol. The quantitative estimate of drug-likeness (QED) is 0.184. The van der Waals surface area contributed by atoms with Crippen LogP contribution in [-0.2, 0) is 24.0 Å². The van der Waals surface area contributed by atoms with Gasteiger partial charge >= 0.3 is 5.76 Å². The summed E-state index contributed by atoms with van der Waals surface area (Å²) in [6.45, 7) is 8.51. The zero-order valence-electron chi connectivity index (χ0n) is 25.8. The minimum atomic E-state index is -0.600. The summed E-state index contributed by atoms with van der Waals surface area (Å²) in [4.78, 5) is 33.3. The monoisotopic (exact) mass is 594 g/mol. The number of aryl methyl sites for hydroxylation is 2. The summed E-state index contributed by atoms with van der Waals surface area (Å²) in [5, 5.41) is 3.86. The molecule has 0 aliphatic carbocycles. The molecule has 0 bridgehead atoms. The van der Waals surface area contributed by atoms with Crippen LogP contribution in [0.1, 0.15) is 56.8 Å². The first-order chi connectivity index (χ1) is 21.2. The highest BCUT2D eigenvalue weighted by atomic mass is 16.5. The lowest BCUT2D eigenvalue weighted by Crippen LogP contribution is -2.33. The van der Waals surface area contributed by atoms with Crippen molar-refractivity contribution in [2.75, 3.05) is 13.7 Å². The number of aromatic amines is 1. The van der Waals surface area contributed by atoms with Crippen molar-refractivity contribution in [2.24, 2.45) is 0 Å². The summed E-state index contributed by atoms with van der Waals surface area (Å²) in [7, 11) is 1.65. The number of ether oxygens (including phenoxy) is 2. The molecular formula is C35H38N4O5. The average molecular weight is 595 g/mol. The van der Waals surface area contributed by atoms with Crippen molar-refractivity contribution < 1.29 is 14.0 Å². The standard InChI is InChI=1S/C35H38N4O5/c1-6-10-30-29(21-23-13-15-24(16-14-23)27-11-8-9-12-28(27)32-37-34(41)44-38-32)33(40)39(31(7-2)36-30)25-17-19-26(20-18-25)43-35(3,4)22-42-5/h8-9,11-20H,6-7,10,21-22H2,1-5H3,(H,37,38,41). The lowest BCUT2D eigenvalue weighted by molar-refractivity contribution is 0.0181. The number of H-pyrrole nitrogens is 1. The predicted molar refractivity (Wildman–Crippen MR) is 171 cm³/mol. The van der Waals surface area contributed by atoms with Crippen molar-refractivity contribution in [1.29, 1.82) is 0 Å². The van der Waals surface area contributed by atoms with E-state index in [1.54, 1.807) is 11.7 Å². The maximum Gasteiger partial charge on any atom is 0.439 e. The largest absolute Gasteiger partial charge is 0.485 e. The summed E-state index contributed by atoms with van der Waals surface area (Å²) in [5.41, 5.74) is 5.37. The van der Waals surface area contributed by atoms with Gasteiger partial charge in [-0.25, -0.2) is 9.78 Å². The van der Waals surface area contributed by atoms with E-state index in [1.807, 2.05) is 93.6 Å². The third kappa shape index (κ3) is 6.73. The third-order valence-corrected chi connectivity index (χ3v) is 7.38. The Morgan fingerprint density at radius 3 is 2.25 bits per heavy atom. The first-order valence-corrected chi connectivity index (χ1v) is 14.9. The molecule has 0 aliphatic heterocycles. The van der Waals surface area contributed by atoms with E-state index in [0.29, 0.717) is 36.6 Å². The topological polar surface area (TPSA) is 112 Å². The molecule has 5 aromatic rings. The normalized spacial score (nSPS) is 11.6.